The van der Waals surface area contributed by atoms with Crippen LogP contribution in [0.3, 0.4) is 0 Å². The molecule has 1 aromatic carbocycles. The number of urea groups is 1. The van der Waals surface area contributed by atoms with Crippen molar-refractivity contribution < 1.29 is 19.1 Å². The van der Waals surface area contributed by atoms with Crippen LogP contribution in [0.5, 0.6) is 0 Å². The number of halogens is 1. The van der Waals surface area contributed by atoms with Crippen molar-refractivity contribution in [2.75, 3.05) is 13.7 Å². The van der Waals surface area contributed by atoms with Gasteiger partial charge in [-0.1, -0.05) is 22.0 Å². The van der Waals surface area contributed by atoms with Gasteiger partial charge in [-0.05, 0) is 36.4 Å². The van der Waals surface area contributed by atoms with E-state index in [9.17, 15) is 14.4 Å². The number of carbonyl (C=O) groups is 3. The molecule has 2 heterocycles. The molecule has 0 saturated carbocycles. The molecule has 0 atom stereocenters. The number of amides is 3. The summed E-state index contributed by atoms with van der Waals surface area (Å²) in [6, 6.07) is 10.7. The molecule has 25 heavy (non-hydrogen) atoms. The third-order valence-corrected chi connectivity index (χ3v) is 4.13. The molecule has 1 aliphatic heterocycles. The second-order valence-electron chi connectivity index (χ2n) is 5.24. The number of aromatic nitrogens is 1. The number of hydrogen-bond acceptors (Lipinski definition) is 4. The molecule has 0 unspecified atom stereocenters. The van der Waals surface area contributed by atoms with Crippen LogP contribution in [0.25, 0.3) is 11.8 Å². The average molecular weight is 404 g/mol. The number of rotatable bonds is 4. The molecule has 8 heteroatoms. The Hall–Kier alpha value is -2.87. The number of nitrogens with zero attached hydrogens (tertiary/aromatic N) is 2. The van der Waals surface area contributed by atoms with Crippen molar-refractivity contribution in [3.05, 3.63) is 58.5 Å². The van der Waals surface area contributed by atoms with Gasteiger partial charge in [-0.25, -0.2) is 9.69 Å². The second-order valence-corrected chi connectivity index (χ2v) is 6.15. The van der Waals surface area contributed by atoms with Gasteiger partial charge >= 0.3 is 12.0 Å². The minimum Gasteiger partial charge on any atom is -0.468 e. The van der Waals surface area contributed by atoms with E-state index >= 15 is 0 Å². The summed E-state index contributed by atoms with van der Waals surface area (Å²) in [7, 11) is 1.20. The van der Waals surface area contributed by atoms with Crippen LogP contribution in [0.15, 0.2) is 52.8 Å². The molecular weight excluding hydrogens is 390 g/mol. The normalized spacial score (nSPS) is 15.6. The summed E-state index contributed by atoms with van der Waals surface area (Å²) < 4.78 is 7.30. The van der Waals surface area contributed by atoms with Crippen LogP contribution < -0.4 is 5.32 Å². The molecule has 0 radical (unpaired) electrons. The van der Waals surface area contributed by atoms with E-state index in [-0.39, 0.29) is 5.70 Å². The Morgan fingerprint density at radius 1 is 1.28 bits per heavy atom. The largest absolute Gasteiger partial charge is 0.468 e. The van der Waals surface area contributed by atoms with Crippen LogP contribution in [0, 0.1) is 0 Å². The highest BCUT2D eigenvalue weighted by molar-refractivity contribution is 9.10. The van der Waals surface area contributed by atoms with E-state index < -0.39 is 24.5 Å². The van der Waals surface area contributed by atoms with Crippen LogP contribution >= 0.6 is 15.9 Å². The third-order valence-electron chi connectivity index (χ3n) is 3.64. The van der Waals surface area contributed by atoms with Crippen LogP contribution in [0.1, 0.15) is 5.69 Å². The monoisotopic (exact) mass is 403 g/mol. The number of ether oxygens (including phenoxy) is 1. The van der Waals surface area contributed by atoms with E-state index in [1.54, 1.807) is 6.08 Å². The summed E-state index contributed by atoms with van der Waals surface area (Å²) in [5.41, 5.74) is 1.71. The van der Waals surface area contributed by atoms with Gasteiger partial charge in [0.1, 0.15) is 12.2 Å². The molecule has 7 nitrogen and oxygen atoms in total. The highest BCUT2D eigenvalue weighted by Crippen LogP contribution is 2.20. The lowest BCUT2D eigenvalue weighted by Crippen LogP contribution is -2.36. The zero-order valence-corrected chi connectivity index (χ0v) is 14.8. The maximum Gasteiger partial charge on any atom is 0.329 e. The molecule has 1 aromatic heterocycles. The second kappa shape index (κ2) is 6.94. The molecule has 1 fully saturated rings. The summed E-state index contributed by atoms with van der Waals surface area (Å²) in [6.07, 6.45) is 3.42. The molecule has 0 aliphatic carbocycles. The zero-order valence-electron chi connectivity index (χ0n) is 13.2. The van der Waals surface area contributed by atoms with Gasteiger partial charge in [-0.3, -0.25) is 9.59 Å². The summed E-state index contributed by atoms with van der Waals surface area (Å²) in [6.45, 7) is -0.425. The first-order valence-corrected chi connectivity index (χ1v) is 8.13. The molecule has 2 aromatic rings. The Morgan fingerprint density at radius 2 is 2.08 bits per heavy atom. The fourth-order valence-electron chi connectivity index (χ4n) is 2.43. The van der Waals surface area contributed by atoms with Gasteiger partial charge in [-0.2, -0.15) is 0 Å². The summed E-state index contributed by atoms with van der Waals surface area (Å²) in [5, 5.41) is 2.48. The van der Waals surface area contributed by atoms with E-state index in [4.69, 9.17) is 0 Å². The molecule has 1 saturated heterocycles. The quantitative estimate of drug-likeness (QED) is 0.482. The predicted molar refractivity (Wildman–Crippen MR) is 93.7 cm³/mol. The number of carbonyl (C=O) groups excluding carboxylic acids is 3. The SMILES string of the molecule is COC(=O)CN1C(=O)NC(=Cc2cccn2-c2cccc(Br)c2)C1=O. The Morgan fingerprint density at radius 3 is 2.80 bits per heavy atom. The van der Waals surface area contributed by atoms with E-state index in [0.717, 1.165) is 15.1 Å². The van der Waals surface area contributed by atoms with E-state index in [0.29, 0.717) is 5.69 Å². The maximum absolute atomic E-state index is 12.3. The molecule has 0 bridgehead atoms. The number of benzene rings is 1. The molecule has 1 aliphatic rings. The number of hydrogen-bond donors (Lipinski definition) is 1. The molecule has 128 valence electrons. The van der Waals surface area contributed by atoms with E-state index in [2.05, 4.69) is 26.0 Å². The standard InChI is InChI=1S/C17H14BrN3O4/c1-25-15(22)10-21-16(23)14(19-17(21)24)9-13-6-3-7-20(13)12-5-2-4-11(18)8-12/h2-9H,10H2,1H3,(H,19,24). The van der Waals surface area contributed by atoms with Gasteiger partial charge in [0.05, 0.1) is 7.11 Å². The number of methoxy groups -OCH3 is 1. The minimum atomic E-state index is -0.665. The van der Waals surface area contributed by atoms with Crippen molar-refractivity contribution in [3.8, 4) is 5.69 Å². The van der Waals surface area contributed by atoms with Gasteiger partial charge in [0.15, 0.2) is 0 Å². The maximum atomic E-state index is 12.3. The average Bonchev–Trinajstić information content (AvgIpc) is 3.15. The van der Waals surface area contributed by atoms with Crippen LogP contribution in [-0.4, -0.2) is 41.0 Å². The van der Waals surface area contributed by atoms with E-state index in [1.165, 1.54) is 7.11 Å². The van der Waals surface area contributed by atoms with Gasteiger partial charge < -0.3 is 14.6 Å². The Bertz CT molecular complexity index is 888. The van der Waals surface area contributed by atoms with Crippen molar-refractivity contribution in [1.82, 2.24) is 14.8 Å². The molecule has 1 N–H and O–H groups in total. The Labute approximate surface area is 152 Å². The van der Waals surface area contributed by atoms with Crippen LogP contribution in [0.4, 0.5) is 4.79 Å². The third kappa shape index (κ3) is 3.48. The Balaban J connectivity index is 1.90. The molecule has 3 amide bonds. The number of nitrogens with one attached hydrogen (secondary N) is 1. The number of imide groups is 1. The fourth-order valence-corrected chi connectivity index (χ4v) is 2.82. The van der Waals surface area contributed by atoms with E-state index in [1.807, 2.05) is 47.2 Å². The topological polar surface area (TPSA) is 80.6 Å². The van der Waals surface area contributed by atoms with Crippen molar-refractivity contribution >= 4 is 39.9 Å². The first kappa shape index (κ1) is 17.0. The summed E-state index contributed by atoms with van der Waals surface area (Å²) in [4.78, 5) is 36.4. The van der Waals surface area contributed by atoms with Crippen LogP contribution in [0.2, 0.25) is 0 Å². The Kier molecular flexibility index (Phi) is 4.71. The van der Waals surface area contributed by atoms with Crippen molar-refractivity contribution in [2.45, 2.75) is 0 Å². The van der Waals surface area contributed by atoms with Crippen molar-refractivity contribution in [1.29, 1.82) is 0 Å². The van der Waals surface area contributed by atoms with Gasteiger partial charge in [-0.15, -0.1) is 0 Å². The predicted octanol–water partition coefficient (Wildman–Crippen LogP) is 2.31. The van der Waals surface area contributed by atoms with Gasteiger partial charge in [0.25, 0.3) is 5.91 Å². The lowest BCUT2D eigenvalue weighted by atomic mass is 10.2. The zero-order chi connectivity index (χ0) is 18.0. The number of esters is 1. The summed E-state index contributed by atoms with van der Waals surface area (Å²) in [5.74, 6) is -1.24. The van der Waals surface area contributed by atoms with Gasteiger partial charge in [0.2, 0.25) is 0 Å². The molecular formula is C17H14BrN3O4. The highest BCUT2D eigenvalue weighted by atomic mass is 79.9. The van der Waals surface area contributed by atoms with Crippen molar-refractivity contribution in [2.24, 2.45) is 0 Å². The lowest BCUT2D eigenvalue weighted by molar-refractivity contribution is -0.143. The highest BCUT2D eigenvalue weighted by Gasteiger charge is 2.35. The van der Waals surface area contributed by atoms with Crippen molar-refractivity contribution in [3.63, 3.8) is 0 Å². The molecule has 3 rings (SSSR count). The molecule has 0 spiro atoms. The smallest absolute Gasteiger partial charge is 0.329 e. The van der Waals surface area contributed by atoms with Crippen LogP contribution in [-0.2, 0) is 14.3 Å². The summed E-state index contributed by atoms with van der Waals surface area (Å²) >= 11 is 3.43. The minimum absolute atomic E-state index is 0.101. The first-order chi connectivity index (χ1) is 12.0. The fraction of sp³-hybridized carbons (Fsp3) is 0.118. The lowest BCUT2D eigenvalue weighted by Gasteiger charge is -2.09. The van der Waals surface area contributed by atoms with Gasteiger partial charge in [0, 0.05) is 22.1 Å². The first-order valence-electron chi connectivity index (χ1n) is 7.34.